The predicted molar refractivity (Wildman–Crippen MR) is 79.3 cm³/mol. The lowest BCUT2D eigenvalue weighted by Crippen LogP contribution is -2.26. The van der Waals surface area contributed by atoms with E-state index in [1.54, 1.807) is 54.5 Å². The summed E-state index contributed by atoms with van der Waals surface area (Å²) in [5.74, 6) is -0.968. The van der Waals surface area contributed by atoms with Gasteiger partial charge in [-0.25, -0.2) is 14.6 Å². The van der Waals surface area contributed by atoms with Gasteiger partial charge in [0, 0.05) is 6.20 Å². The molecule has 0 aliphatic rings. The van der Waals surface area contributed by atoms with Crippen molar-refractivity contribution in [2.45, 2.75) is 59.7 Å². The van der Waals surface area contributed by atoms with Gasteiger partial charge < -0.3 is 9.47 Å². The van der Waals surface area contributed by atoms with Crippen LogP contribution in [0.4, 0.5) is 0 Å². The van der Waals surface area contributed by atoms with Crippen molar-refractivity contribution < 1.29 is 19.1 Å². The lowest BCUT2D eigenvalue weighted by molar-refractivity contribution is 0.00454. The van der Waals surface area contributed by atoms with E-state index < -0.39 is 23.1 Å². The number of ether oxygens (including phenoxy) is 2. The molecule has 5 heteroatoms. The van der Waals surface area contributed by atoms with Crippen LogP contribution in [0.3, 0.4) is 0 Å². The number of pyridine rings is 1. The highest BCUT2D eigenvalue weighted by atomic mass is 16.6. The summed E-state index contributed by atoms with van der Waals surface area (Å²) < 4.78 is 10.5. The largest absolute Gasteiger partial charge is 0.456 e. The van der Waals surface area contributed by atoms with Crippen LogP contribution in [-0.4, -0.2) is 28.1 Å². The molecule has 0 spiro atoms. The van der Waals surface area contributed by atoms with Crippen LogP contribution in [-0.2, 0) is 9.47 Å². The second-order valence-corrected chi connectivity index (χ2v) is 6.89. The number of nitrogens with zero attached hydrogens (tertiary/aromatic N) is 1. The summed E-state index contributed by atoms with van der Waals surface area (Å²) in [4.78, 5) is 28.0. The zero-order valence-electron chi connectivity index (χ0n) is 13.7. The quantitative estimate of drug-likeness (QED) is 0.783. The first-order chi connectivity index (χ1) is 9.39. The van der Waals surface area contributed by atoms with Crippen molar-refractivity contribution in [3.05, 3.63) is 29.1 Å². The van der Waals surface area contributed by atoms with E-state index in [1.807, 2.05) is 0 Å². The molecule has 1 heterocycles. The van der Waals surface area contributed by atoms with Crippen molar-refractivity contribution in [1.82, 2.24) is 4.98 Å². The number of esters is 2. The maximum atomic E-state index is 12.0. The molecule has 0 amide bonds. The Morgan fingerprint density at radius 2 is 1.43 bits per heavy atom. The Kier molecular flexibility index (Phi) is 4.76. The standard InChI is InChI=1S/C16H23NO4/c1-10-8-11(13(18)20-15(2,3)4)9-17-12(10)14(19)21-16(5,6)7/h8-9H,1-7H3. The molecule has 0 bridgehead atoms. The molecular formula is C16H23NO4. The highest BCUT2D eigenvalue weighted by molar-refractivity contribution is 5.93. The van der Waals surface area contributed by atoms with Crippen molar-refractivity contribution in [1.29, 1.82) is 0 Å². The first kappa shape index (κ1) is 17.1. The molecule has 116 valence electrons. The first-order valence-corrected chi connectivity index (χ1v) is 6.82. The normalized spacial score (nSPS) is 12.0. The molecule has 1 aromatic heterocycles. The lowest BCUT2D eigenvalue weighted by atomic mass is 10.1. The predicted octanol–water partition coefficient (Wildman–Crippen LogP) is 3.30. The van der Waals surface area contributed by atoms with E-state index >= 15 is 0 Å². The van der Waals surface area contributed by atoms with E-state index in [2.05, 4.69) is 4.98 Å². The summed E-state index contributed by atoms with van der Waals surface area (Å²) in [6, 6.07) is 1.58. The molecule has 0 fully saturated rings. The minimum Gasteiger partial charge on any atom is -0.456 e. The zero-order valence-corrected chi connectivity index (χ0v) is 13.7. The second kappa shape index (κ2) is 5.84. The highest BCUT2D eigenvalue weighted by Gasteiger charge is 2.23. The van der Waals surface area contributed by atoms with Gasteiger partial charge >= 0.3 is 11.9 Å². The van der Waals surface area contributed by atoms with Crippen molar-refractivity contribution in [3.63, 3.8) is 0 Å². The van der Waals surface area contributed by atoms with Gasteiger partial charge in [-0.1, -0.05) is 0 Å². The molecule has 0 atom stereocenters. The van der Waals surface area contributed by atoms with Gasteiger partial charge in [-0.3, -0.25) is 0 Å². The van der Waals surface area contributed by atoms with Crippen LogP contribution in [0.15, 0.2) is 12.3 Å². The van der Waals surface area contributed by atoms with Crippen LogP contribution in [0.2, 0.25) is 0 Å². The highest BCUT2D eigenvalue weighted by Crippen LogP contribution is 2.16. The molecule has 0 aliphatic heterocycles. The molecule has 0 aromatic carbocycles. The van der Waals surface area contributed by atoms with Gasteiger partial charge in [-0.05, 0) is 60.1 Å². The van der Waals surface area contributed by atoms with Crippen molar-refractivity contribution >= 4 is 11.9 Å². The topological polar surface area (TPSA) is 65.5 Å². The fourth-order valence-electron chi connectivity index (χ4n) is 1.56. The third-order valence-corrected chi connectivity index (χ3v) is 2.31. The lowest BCUT2D eigenvalue weighted by Gasteiger charge is -2.21. The number of carbonyl (C=O) groups excluding carboxylic acids is 2. The molecule has 0 aliphatic carbocycles. The van der Waals surface area contributed by atoms with Gasteiger partial charge in [-0.15, -0.1) is 0 Å². The Morgan fingerprint density at radius 3 is 1.86 bits per heavy atom. The molecule has 1 rings (SSSR count). The molecule has 0 unspecified atom stereocenters. The SMILES string of the molecule is Cc1cc(C(=O)OC(C)(C)C)cnc1C(=O)OC(C)(C)C. The van der Waals surface area contributed by atoms with Crippen LogP contribution in [0.25, 0.3) is 0 Å². The van der Waals surface area contributed by atoms with Gasteiger partial charge in [-0.2, -0.15) is 0 Å². The molecule has 21 heavy (non-hydrogen) atoms. The zero-order chi connectivity index (χ0) is 16.4. The van der Waals surface area contributed by atoms with Crippen molar-refractivity contribution in [2.24, 2.45) is 0 Å². The van der Waals surface area contributed by atoms with Gasteiger partial charge in [0.15, 0.2) is 5.69 Å². The number of aromatic nitrogens is 1. The molecule has 0 N–H and O–H groups in total. The fraction of sp³-hybridized carbons (Fsp3) is 0.562. The van der Waals surface area contributed by atoms with Crippen LogP contribution in [0.1, 0.15) is 68.0 Å². The summed E-state index contributed by atoms with van der Waals surface area (Å²) in [6.07, 6.45) is 1.33. The first-order valence-electron chi connectivity index (χ1n) is 6.82. The molecule has 0 radical (unpaired) electrons. The van der Waals surface area contributed by atoms with E-state index in [9.17, 15) is 9.59 Å². The van der Waals surface area contributed by atoms with E-state index in [-0.39, 0.29) is 5.69 Å². The third kappa shape index (κ3) is 5.53. The Bertz CT molecular complexity index is 550. The Balaban J connectivity index is 2.96. The van der Waals surface area contributed by atoms with E-state index in [1.165, 1.54) is 6.20 Å². The van der Waals surface area contributed by atoms with Crippen LogP contribution < -0.4 is 0 Å². The summed E-state index contributed by atoms with van der Waals surface area (Å²) in [6.45, 7) is 12.4. The smallest absolute Gasteiger partial charge is 0.357 e. The third-order valence-electron chi connectivity index (χ3n) is 2.31. The van der Waals surface area contributed by atoms with Crippen LogP contribution in [0.5, 0.6) is 0 Å². The second-order valence-electron chi connectivity index (χ2n) is 6.89. The van der Waals surface area contributed by atoms with Crippen molar-refractivity contribution in [2.75, 3.05) is 0 Å². The van der Waals surface area contributed by atoms with Gasteiger partial charge in [0.25, 0.3) is 0 Å². The minimum atomic E-state index is -0.588. The van der Waals surface area contributed by atoms with Gasteiger partial charge in [0.1, 0.15) is 11.2 Å². The van der Waals surface area contributed by atoms with E-state index in [0.717, 1.165) is 0 Å². The van der Waals surface area contributed by atoms with Gasteiger partial charge in [0.05, 0.1) is 5.56 Å². The monoisotopic (exact) mass is 293 g/mol. The Hall–Kier alpha value is -1.91. The molecule has 1 aromatic rings. The van der Waals surface area contributed by atoms with E-state index in [0.29, 0.717) is 11.1 Å². The van der Waals surface area contributed by atoms with Gasteiger partial charge in [0.2, 0.25) is 0 Å². The Morgan fingerprint density at radius 1 is 0.952 bits per heavy atom. The maximum Gasteiger partial charge on any atom is 0.357 e. The average Bonchev–Trinajstić information content (AvgIpc) is 2.23. The molecular weight excluding hydrogens is 270 g/mol. The number of aryl methyl sites for hydroxylation is 1. The average molecular weight is 293 g/mol. The summed E-state index contributed by atoms with van der Waals surface area (Å²) in [5.41, 5.74) is -0.0660. The fourth-order valence-corrected chi connectivity index (χ4v) is 1.56. The van der Waals surface area contributed by atoms with Crippen LogP contribution >= 0.6 is 0 Å². The number of hydrogen-bond donors (Lipinski definition) is 0. The van der Waals surface area contributed by atoms with Crippen LogP contribution in [0, 0.1) is 6.92 Å². The summed E-state index contributed by atoms with van der Waals surface area (Å²) >= 11 is 0. The minimum absolute atomic E-state index is 0.206. The maximum absolute atomic E-state index is 12.0. The number of hydrogen-bond acceptors (Lipinski definition) is 5. The molecule has 0 saturated heterocycles. The van der Waals surface area contributed by atoms with E-state index in [4.69, 9.17) is 9.47 Å². The van der Waals surface area contributed by atoms with Crippen molar-refractivity contribution in [3.8, 4) is 0 Å². The Labute approximate surface area is 125 Å². The molecule has 5 nitrogen and oxygen atoms in total. The summed E-state index contributed by atoms with van der Waals surface area (Å²) in [7, 11) is 0. The summed E-state index contributed by atoms with van der Waals surface area (Å²) in [5, 5.41) is 0. The number of carbonyl (C=O) groups is 2. The number of rotatable bonds is 2. The molecule has 0 saturated carbocycles.